The van der Waals surface area contributed by atoms with E-state index in [9.17, 15) is 14.4 Å². The van der Waals surface area contributed by atoms with Crippen molar-refractivity contribution in [3.8, 4) is 0 Å². The van der Waals surface area contributed by atoms with E-state index in [1.54, 1.807) is 25.7 Å². The topological polar surface area (TPSA) is 84.9 Å². The van der Waals surface area contributed by atoms with E-state index in [0.29, 0.717) is 12.5 Å². The van der Waals surface area contributed by atoms with Crippen molar-refractivity contribution < 1.29 is 23.9 Å². The zero-order valence-electron chi connectivity index (χ0n) is 17.6. The number of carbonyl (C=O) groups is 3. The van der Waals surface area contributed by atoms with Crippen LogP contribution in [0.2, 0.25) is 0 Å². The number of alkyl carbamates (subject to hydrolysis) is 1. The molecule has 1 aliphatic carbocycles. The lowest BCUT2D eigenvalue weighted by Crippen LogP contribution is -2.57. The van der Waals surface area contributed by atoms with Gasteiger partial charge in [-0.3, -0.25) is 9.59 Å². The normalized spacial score (nSPS) is 26.3. The van der Waals surface area contributed by atoms with E-state index in [4.69, 9.17) is 9.47 Å². The molecule has 0 aromatic carbocycles. The molecule has 1 aliphatic heterocycles. The second-order valence-electron chi connectivity index (χ2n) is 9.72. The number of hydrogen-bond donors (Lipinski definition) is 1. The number of rotatable bonds is 3. The highest BCUT2D eigenvalue weighted by Crippen LogP contribution is 2.43. The third-order valence-corrected chi connectivity index (χ3v) is 5.41. The zero-order chi connectivity index (χ0) is 20.6. The molecule has 27 heavy (non-hydrogen) atoms. The van der Waals surface area contributed by atoms with Crippen LogP contribution < -0.4 is 5.32 Å². The molecule has 7 nitrogen and oxygen atoms in total. The van der Waals surface area contributed by atoms with Crippen molar-refractivity contribution in [1.82, 2.24) is 10.2 Å². The highest BCUT2D eigenvalue weighted by atomic mass is 16.6. The van der Waals surface area contributed by atoms with Gasteiger partial charge in [-0.05, 0) is 51.4 Å². The van der Waals surface area contributed by atoms with Crippen LogP contribution in [-0.4, -0.2) is 54.2 Å². The monoisotopic (exact) mass is 382 g/mol. The van der Waals surface area contributed by atoms with Crippen molar-refractivity contribution in [3.05, 3.63) is 0 Å². The summed E-state index contributed by atoms with van der Waals surface area (Å²) < 4.78 is 10.3. The van der Waals surface area contributed by atoms with E-state index in [1.807, 2.05) is 20.8 Å². The molecule has 2 fully saturated rings. The second kappa shape index (κ2) is 7.68. The lowest BCUT2D eigenvalue weighted by Gasteiger charge is -2.37. The number of esters is 1. The Hall–Kier alpha value is -1.79. The Kier molecular flexibility index (Phi) is 6.12. The van der Waals surface area contributed by atoms with E-state index in [0.717, 1.165) is 19.3 Å². The van der Waals surface area contributed by atoms with Gasteiger partial charge in [0.1, 0.15) is 11.6 Å². The van der Waals surface area contributed by atoms with Crippen LogP contribution in [-0.2, 0) is 19.1 Å². The maximum Gasteiger partial charge on any atom is 0.408 e. The van der Waals surface area contributed by atoms with Crippen LogP contribution in [0.5, 0.6) is 0 Å². The third kappa shape index (κ3) is 4.93. The predicted molar refractivity (Wildman–Crippen MR) is 101 cm³/mol. The summed E-state index contributed by atoms with van der Waals surface area (Å²) in [7, 11) is 1.39. The first-order chi connectivity index (χ1) is 12.3. The van der Waals surface area contributed by atoms with E-state index in [2.05, 4.69) is 5.32 Å². The molecule has 1 saturated carbocycles. The van der Waals surface area contributed by atoms with Gasteiger partial charge >= 0.3 is 12.1 Å². The summed E-state index contributed by atoms with van der Waals surface area (Å²) in [6, 6.07) is -0.875. The van der Waals surface area contributed by atoms with Gasteiger partial charge in [0, 0.05) is 12.6 Å². The summed E-state index contributed by atoms with van der Waals surface area (Å²) in [5.74, 6) is -0.375. The fraction of sp³-hybridized carbons (Fsp3) is 0.850. The van der Waals surface area contributed by atoms with Gasteiger partial charge in [0.05, 0.1) is 13.0 Å². The van der Waals surface area contributed by atoms with Gasteiger partial charge in [-0.15, -0.1) is 0 Å². The Balaban J connectivity index is 2.20. The van der Waals surface area contributed by atoms with Crippen LogP contribution in [0.15, 0.2) is 0 Å². The Morgan fingerprint density at radius 1 is 1.04 bits per heavy atom. The molecule has 0 bridgehead atoms. The van der Waals surface area contributed by atoms with Crippen LogP contribution >= 0.6 is 0 Å². The van der Waals surface area contributed by atoms with E-state index >= 15 is 0 Å². The number of fused-ring (bicyclic) bond motifs is 1. The predicted octanol–water partition coefficient (Wildman–Crippen LogP) is 2.73. The van der Waals surface area contributed by atoms with Gasteiger partial charge in [-0.1, -0.05) is 20.8 Å². The van der Waals surface area contributed by atoms with Gasteiger partial charge in [-0.2, -0.15) is 0 Å². The van der Waals surface area contributed by atoms with Crippen molar-refractivity contribution in [2.45, 2.75) is 78.5 Å². The first-order valence-electron chi connectivity index (χ1n) is 9.73. The number of nitrogens with one attached hydrogen (secondary N) is 1. The molecule has 0 unspecified atom stereocenters. The number of likely N-dealkylation sites (tertiary alicyclic amines) is 1. The van der Waals surface area contributed by atoms with Crippen molar-refractivity contribution in [1.29, 1.82) is 0 Å². The molecule has 0 radical (unpaired) electrons. The summed E-state index contributed by atoms with van der Waals surface area (Å²) in [5.41, 5.74) is -1.14. The minimum absolute atomic E-state index is 0.143. The molecular weight excluding hydrogens is 348 g/mol. The highest BCUT2D eigenvalue weighted by molar-refractivity contribution is 5.88. The number of hydrogen-bond acceptors (Lipinski definition) is 5. The lowest BCUT2D eigenvalue weighted by molar-refractivity contribution is -0.149. The number of methoxy groups -OCH3 is 1. The Morgan fingerprint density at radius 3 is 2.19 bits per heavy atom. The fourth-order valence-electron chi connectivity index (χ4n) is 4.21. The molecule has 154 valence electrons. The molecule has 0 aromatic heterocycles. The van der Waals surface area contributed by atoms with Crippen molar-refractivity contribution in [2.75, 3.05) is 13.7 Å². The minimum atomic E-state index is -0.731. The smallest absolute Gasteiger partial charge is 0.408 e. The lowest BCUT2D eigenvalue weighted by atomic mass is 9.85. The highest BCUT2D eigenvalue weighted by Gasteiger charge is 2.51. The van der Waals surface area contributed by atoms with E-state index in [1.165, 1.54) is 7.11 Å². The van der Waals surface area contributed by atoms with Crippen LogP contribution in [0.3, 0.4) is 0 Å². The molecule has 1 N–H and O–H groups in total. The second-order valence-corrected chi connectivity index (χ2v) is 9.72. The van der Waals surface area contributed by atoms with Gasteiger partial charge < -0.3 is 19.7 Å². The van der Waals surface area contributed by atoms with Crippen LogP contribution in [0, 0.1) is 17.3 Å². The summed E-state index contributed by atoms with van der Waals surface area (Å²) in [5, 5.41) is 2.76. The number of amides is 2. The Bertz CT molecular complexity index is 590. The molecule has 1 saturated heterocycles. The van der Waals surface area contributed by atoms with Gasteiger partial charge in [0.2, 0.25) is 5.91 Å². The van der Waals surface area contributed by atoms with Gasteiger partial charge in [0.25, 0.3) is 0 Å². The van der Waals surface area contributed by atoms with Crippen molar-refractivity contribution >= 4 is 18.0 Å². The third-order valence-electron chi connectivity index (χ3n) is 5.41. The number of nitrogens with zero attached hydrogens (tertiary/aromatic N) is 1. The van der Waals surface area contributed by atoms with E-state index < -0.39 is 23.2 Å². The average Bonchev–Trinajstić information content (AvgIpc) is 3.10. The number of carbonyl (C=O) groups excluding carboxylic acids is 3. The van der Waals surface area contributed by atoms with Crippen molar-refractivity contribution in [2.24, 2.45) is 17.3 Å². The molecule has 0 aromatic rings. The standard InChI is InChI=1S/C20H34N2O5/c1-19(2,3)15(21-18(25)27-20(4,5)6)16(23)22-11-10-12-8-9-13(14(12)22)17(24)26-7/h12-15H,8-11H2,1-7H3,(H,21,25)/t12-,13+,14+,15-/m1/s1. The molecular formula is C20H34N2O5. The molecule has 4 atom stereocenters. The molecule has 1 heterocycles. The zero-order valence-corrected chi connectivity index (χ0v) is 17.6. The average molecular weight is 383 g/mol. The first-order valence-corrected chi connectivity index (χ1v) is 9.73. The summed E-state index contributed by atoms with van der Waals surface area (Å²) >= 11 is 0. The summed E-state index contributed by atoms with van der Waals surface area (Å²) in [6.07, 6.45) is 1.94. The molecule has 0 spiro atoms. The first kappa shape index (κ1) is 21.5. The largest absolute Gasteiger partial charge is 0.469 e. The van der Waals surface area contributed by atoms with Crippen molar-refractivity contribution in [3.63, 3.8) is 0 Å². The molecule has 2 amide bonds. The van der Waals surface area contributed by atoms with E-state index in [-0.39, 0.29) is 23.8 Å². The Labute approximate surface area is 162 Å². The van der Waals surface area contributed by atoms with Gasteiger partial charge in [-0.25, -0.2) is 4.79 Å². The van der Waals surface area contributed by atoms with Crippen LogP contribution in [0.4, 0.5) is 4.79 Å². The molecule has 2 aliphatic rings. The quantitative estimate of drug-likeness (QED) is 0.759. The maximum atomic E-state index is 13.4. The molecule has 2 rings (SSSR count). The minimum Gasteiger partial charge on any atom is -0.469 e. The Morgan fingerprint density at radius 2 is 1.67 bits per heavy atom. The van der Waals surface area contributed by atoms with Crippen LogP contribution in [0.1, 0.15) is 60.8 Å². The number of ether oxygens (including phenoxy) is 2. The van der Waals surface area contributed by atoms with Gasteiger partial charge in [0.15, 0.2) is 0 Å². The fourth-order valence-corrected chi connectivity index (χ4v) is 4.21. The SMILES string of the molecule is COC(=O)[C@H]1CC[C@@H]2CCN(C(=O)[C@@H](NC(=O)OC(C)(C)C)C(C)(C)C)[C@@H]21. The maximum absolute atomic E-state index is 13.4. The molecule has 7 heteroatoms. The summed E-state index contributed by atoms with van der Waals surface area (Å²) in [6.45, 7) is 11.7. The summed E-state index contributed by atoms with van der Waals surface area (Å²) in [4.78, 5) is 39.7. The van der Waals surface area contributed by atoms with Crippen LogP contribution in [0.25, 0.3) is 0 Å².